The Hall–Kier alpha value is -2.64. The van der Waals surface area contributed by atoms with Crippen LogP contribution in [0.3, 0.4) is 0 Å². The second-order valence-corrected chi connectivity index (χ2v) is 6.34. The fraction of sp³-hybridized carbons (Fsp3) is 0.400. The minimum Gasteiger partial charge on any atom is -0.487 e. The molecule has 12 heteroatoms. The van der Waals surface area contributed by atoms with Gasteiger partial charge < -0.3 is 23.7 Å². The van der Waals surface area contributed by atoms with Crippen LogP contribution in [-0.2, 0) is 14.2 Å². The molecule has 0 aliphatic carbocycles. The number of nitriles is 2. The smallest absolute Gasteiger partial charge is 0.199 e. The molecule has 1 aliphatic rings. The van der Waals surface area contributed by atoms with E-state index in [0.29, 0.717) is 75.4 Å². The van der Waals surface area contributed by atoms with E-state index >= 15 is 0 Å². The van der Waals surface area contributed by atoms with Gasteiger partial charge in [-0.3, -0.25) is 0 Å². The second-order valence-electron chi connectivity index (χ2n) is 6.34. The maximum absolute atomic E-state index is 9.17. The molecule has 32 heavy (non-hydrogen) atoms. The third-order valence-corrected chi connectivity index (χ3v) is 4.28. The van der Waals surface area contributed by atoms with Gasteiger partial charge in [-0.15, -0.1) is 0 Å². The molecule has 1 aromatic carbocycles. The van der Waals surface area contributed by atoms with E-state index in [-0.39, 0.29) is 52.2 Å². The Morgan fingerprint density at radius 2 is 0.969 bits per heavy atom. The molecule has 11 nitrogen and oxygen atoms in total. The molecule has 0 spiro atoms. The average molecular weight is 445 g/mol. The van der Waals surface area contributed by atoms with E-state index in [9.17, 15) is 0 Å². The standard InChI is InChI=1S/C20H18N6O5.Na/c21-11-15-16(12-22)26-20-19(25-15)23-13-9-17-18(10-14(13)24-20)31-8-6-29-4-2-27-1-3-28-5-7-30-17;/h9-10H,1-8H2;. The van der Waals surface area contributed by atoms with E-state index in [0.717, 1.165) is 0 Å². The van der Waals surface area contributed by atoms with Crippen LogP contribution < -0.4 is 9.47 Å². The Labute approximate surface area is 205 Å². The van der Waals surface area contributed by atoms with Crippen molar-refractivity contribution in [2.24, 2.45) is 0 Å². The van der Waals surface area contributed by atoms with Gasteiger partial charge in [-0.1, -0.05) is 0 Å². The summed E-state index contributed by atoms with van der Waals surface area (Å²) in [4.78, 5) is 17.1. The van der Waals surface area contributed by atoms with Gasteiger partial charge in [0.1, 0.15) is 25.4 Å². The van der Waals surface area contributed by atoms with E-state index in [4.69, 9.17) is 34.2 Å². The molecule has 0 N–H and O–H groups in total. The molecule has 4 rings (SSSR count). The summed E-state index contributed by atoms with van der Waals surface area (Å²) in [7, 11) is 0. The van der Waals surface area contributed by atoms with E-state index in [1.165, 1.54) is 0 Å². The summed E-state index contributed by atoms with van der Waals surface area (Å²) in [6.07, 6.45) is 0. The molecular formula is C20H18N6NaO5. The van der Waals surface area contributed by atoms with Crippen molar-refractivity contribution in [1.82, 2.24) is 19.9 Å². The minimum absolute atomic E-state index is 0. The van der Waals surface area contributed by atoms with Crippen molar-refractivity contribution >= 4 is 51.9 Å². The van der Waals surface area contributed by atoms with Crippen molar-refractivity contribution in [3.05, 3.63) is 23.5 Å². The largest absolute Gasteiger partial charge is 0.487 e. The summed E-state index contributed by atoms with van der Waals surface area (Å²) >= 11 is 0. The van der Waals surface area contributed by atoms with Gasteiger partial charge in [-0.2, -0.15) is 10.5 Å². The van der Waals surface area contributed by atoms with E-state index in [1.54, 1.807) is 12.1 Å². The number of ether oxygens (including phenoxy) is 5. The van der Waals surface area contributed by atoms with Gasteiger partial charge in [0.2, 0.25) is 0 Å². The van der Waals surface area contributed by atoms with Gasteiger partial charge in [0.15, 0.2) is 34.2 Å². The van der Waals surface area contributed by atoms with Crippen LogP contribution in [0.1, 0.15) is 11.4 Å². The zero-order valence-electron chi connectivity index (χ0n) is 17.5. The number of aromatic nitrogens is 4. The van der Waals surface area contributed by atoms with Crippen LogP contribution in [0.15, 0.2) is 12.1 Å². The summed E-state index contributed by atoms with van der Waals surface area (Å²) in [5.41, 5.74) is 1.11. The number of hydrogen-bond acceptors (Lipinski definition) is 11. The SMILES string of the molecule is N#Cc1nc2nc3cc4c(cc3nc2nc1C#N)OCCOCCOCCOCCO4.[Na]. The molecule has 2 aromatic heterocycles. The summed E-state index contributed by atoms with van der Waals surface area (Å²) in [5.74, 6) is 0.941. The first-order valence-corrected chi connectivity index (χ1v) is 9.61. The molecule has 3 heterocycles. The molecule has 0 atom stereocenters. The molecular weight excluding hydrogens is 427 g/mol. The molecule has 1 aliphatic heterocycles. The van der Waals surface area contributed by atoms with Crippen LogP contribution in [0.4, 0.5) is 0 Å². The predicted molar refractivity (Wildman–Crippen MR) is 111 cm³/mol. The third-order valence-electron chi connectivity index (χ3n) is 4.28. The Balaban J connectivity index is 0.00000289. The van der Waals surface area contributed by atoms with Crippen molar-refractivity contribution in [3.63, 3.8) is 0 Å². The molecule has 0 unspecified atom stereocenters. The zero-order chi connectivity index (χ0) is 21.5. The minimum atomic E-state index is -0.0986. The van der Waals surface area contributed by atoms with Gasteiger partial charge >= 0.3 is 0 Å². The van der Waals surface area contributed by atoms with Gasteiger partial charge in [0, 0.05) is 41.7 Å². The number of fused-ring (bicyclic) bond motifs is 3. The Morgan fingerprint density at radius 3 is 1.34 bits per heavy atom. The normalized spacial score (nSPS) is 15.6. The van der Waals surface area contributed by atoms with Crippen LogP contribution in [0.5, 0.6) is 11.5 Å². The van der Waals surface area contributed by atoms with E-state index < -0.39 is 0 Å². The first kappa shape index (κ1) is 24.0. The summed E-state index contributed by atoms with van der Waals surface area (Å²) in [6, 6.07) is 7.06. The monoisotopic (exact) mass is 445 g/mol. The van der Waals surface area contributed by atoms with Gasteiger partial charge in [0.25, 0.3) is 0 Å². The van der Waals surface area contributed by atoms with Gasteiger partial charge in [0.05, 0.1) is 50.7 Å². The van der Waals surface area contributed by atoms with Crippen LogP contribution >= 0.6 is 0 Å². The summed E-state index contributed by atoms with van der Waals surface area (Å²) in [6.45, 7) is 3.29. The van der Waals surface area contributed by atoms with Crippen LogP contribution in [0.25, 0.3) is 22.3 Å². The van der Waals surface area contributed by atoms with Gasteiger partial charge in [-0.25, -0.2) is 19.9 Å². The molecule has 3 aromatic rings. The van der Waals surface area contributed by atoms with Crippen molar-refractivity contribution < 1.29 is 23.7 Å². The zero-order valence-corrected chi connectivity index (χ0v) is 19.5. The van der Waals surface area contributed by atoms with Crippen molar-refractivity contribution in [3.8, 4) is 23.6 Å². The number of nitrogens with zero attached hydrogens (tertiary/aromatic N) is 6. The summed E-state index contributed by atoms with van der Waals surface area (Å²) in [5, 5.41) is 18.3. The molecule has 0 saturated carbocycles. The van der Waals surface area contributed by atoms with Gasteiger partial charge in [-0.05, 0) is 0 Å². The van der Waals surface area contributed by atoms with Crippen LogP contribution in [-0.4, -0.2) is 102 Å². The first-order valence-electron chi connectivity index (χ1n) is 9.61. The van der Waals surface area contributed by atoms with Crippen molar-refractivity contribution in [2.75, 3.05) is 52.9 Å². The Kier molecular flexibility index (Phi) is 8.88. The van der Waals surface area contributed by atoms with Crippen molar-refractivity contribution in [1.29, 1.82) is 10.5 Å². The molecule has 0 fully saturated rings. The predicted octanol–water partition coefficient (Wildman–Crippen LogP) is 0.757. The molecule has 0 saturated heterocycles. The molecule has 0 amide bonds. The number of benzene rings is 1. The summed E-state index contributed by atoms with van der Waals surface area (Å²) < 4.78 is 28.0. The fourth-order valence-corrected chi connectivity index (χ4v) is 2.86. The quantitative estimate of drug-likeness (QED) is 0.357. The van der Waals surface area contributed by atoms with Crippen LogP contribution in [0, 0.1) is 22.7 Å². The van der Waals surface area contributed by atoms with Crippen LogP contribution in [0.2, 0.25) is 0 Å². The third kappa shape index (κ3) is 5.78. The number of hydrogen-bond donors (Lipinski definition) is 0. The molecule has 0 bridgehead atoms. The fourth-order valence-electron chi connectivity index (χ4n) is 2.86. The Morgan fingerprint density at radius 1 is 0.594 bits per heavy atom. The number of rotatable bonds is 0. The maximum Gasteiger partial charge on any atom is 0.199 e. The average Bonchev–Trinajstić information content (AvgIpc) is 2.80. The Bertz CT molecular complexity index is 1090. The molecule has 159 valence electrons. The van der Waals surface area contributed by atoms with E-state index in [2.05, 4.69) is 19.9 Å². The first-order chi connectivity index (χ1) is 15.3. The maximum atomic E-state index is 9.17. The van der Waals surface area contributed by atoms with Crippen molar-refractivity contribution in [2.45, 2.75) is 0 Å². The second kappa shape index (κ2) is 11.8. The molecule has 1 radical (unpaired) electrons. The van der Waals surface area contributed by atoms with E-state index in [1.807, 2.05) is 12.1 Å². The topological polar surface area (TPSA) is 145 Å².